The van der Waals surface area contributed by atoms with Crippen LogP contribution in [0.4, 0.5) is 0 Å². The number of hydrazone groups is 1. The number of carbonyl (C=O) groups excluding carboxylic acids is 1. The number of fused-ring (bicyclic) bond motifs is 1. The number of carbonyl (C=O) groups is 1. The predicted molar refractivity (Wildman–Crippen MR) is 138 cm³/mol. The van der Waals surface area contributed by atoms with Gasteiger partial charge in [-0.25, -0.2) is 13.8 Å². The van der Waals surface area contributed by atoms with Gasteiger partial charge in [0.1, 0.15) is 11.8 Å². The molecule has 184 valence electrons. The Labute approximate surface area is 210 Å². The zero-order chi connectivity index (χ0) is 25.0. The highest BCUT2D eigenvalue weighted by molar-refractivity contribution is 7.89. The Kier molecular flexibility index (Phi) is 7.74. The molecule has 35 heavy (non-hydrogen) atoms. The van der Waals surface area contributed by atoms with Crippen LogP contribution in [0.2, 0.25) is 5.02 Å². The minimum Gasteiger partial charge on any atom is -0.493 e. The van der Waals surface area contributed by atoms with Crippen LogP contribution in [0, 0.1) is 5.92 Å². The third kappa shape index (κ3) is 5.66. The molecule has 7 nitrogen and oxygen atoms in total. The first-order chi connectivity index (χ1) is 16.8. The summed E-state index contributed by atoms with van der Waals surface area (Å²) in [5, 5.41) is 6.48. The number of ether oxygens (including phenoxy) is 1. The van der Waals surface area contributed by atoms with Gasteiger partial charge in [0.05, 0.1) is 17.7 Å². The maximum Gasteiger partial charge on any atom is 0.258 e. The van der Waals surface area contributed by atoms with Crippen molar-refractivity contribution < 1.29 is 17.9 Å². The third-order valence-electron chi connectivity index (χ3n) is 5.79. The first-order valence-corrected chi connectivity index (χ1v) is 13.3. The molecule has 0 radical (unpaired) electrons. The van der Waals surface area contributed by atoms with Gasteiger partial charge in [-0.1, -0.05) is 49.7 Å². The minimum absolute atomic E-state index is 0.108. The van der Waals surface area contributed by atoms with Gasteiger partial charge < -0.3 is 4.74 Å². The van der Waals surface area contributed by atoms with Crippen LogP contribution < -0.4 is 10.2 Å². The summed E-state index contributed by atoms with van der Waals surface area (Å²) >= 11 is 5.89. The zero-order valence-corrected chi connectivity index (χ0v) is 21.2. The molecule has 1 aliphatic rings. The number of sulfonamides is 1. The van der Waals surface area contributed by atoms with Crippen molar-refractivity contribution in [2.75, 3.05) is 13.2 Å². The van der Waals surface area contributed by atoms with E-state index in [9.17, 15) is 13.2 Å². The molecule has 0 unspecified atom stereocenters. The fourth-order valence-corrected chi connectivity index (χ4v) is 5.84. The standard InChI is InChI=1S/C26H28ClN3O4S/c1-18(2)17-34-25-14-9-19(22-6-3-4-7-23(22)25)16-28-29-26(31)24-8-5-15-30(24)35(32,33)21-12-10-20(27)11-13-21/h3-4,6-7,9-14,16,18,24H,5,8,15,17H2,1-2H3,(H,29,31)/b28-16-/t24-/m0/s1. The Morgan fingerprint density at radius 2 is 1.86 bits per heavy atom. The Hall–Kier alpha value is -2.94. The van der Waals surface area contributed by atoms with Crippen LogP contribution in [-0.4, -0.2) is 44.0 Å². The van der Waals surface area contributed by atoms with Crippen molar-refractivity contribution in [3.8, 4) is 5.75 Å². The van der Waals surface area contributed by atoms with Crippen LogP contribution in [0.25, 0.3) is 10.8 Å². The number of hydrogen-bond donors (Lipinski definition) is 1. The lowest BCUT2D eigenvalue weighted by molar-refractivity contribution is -0.124. The quantitative estimate of drug-likeness (QED) is 0.345. The van der Waals surface area contributed by atoms with Crippen LogP contribution in [0.3, 0.4) is 0 Å². The van der Waals surface area contributed by atoms with Crippen LogP contribution in [-0.2, 0) is 14.8 Å². The summed E-state index contributed by atoms with van der Waals surface area (Å²) in [6, 6.07) is 16.7. The van der Waals surface area contributed by atoms with Crippen LogP contribution in [0.15, 0.2) is 70.7 Å². The fourth-order valence-electron chi connectivity index (χ4n) is 4.06. The van der Waals surface area contributed by atoms with Crippen molar-refractivity contribution in [2.45, 2.75) is 37.6 Å². The molecule has 3 aromatic rings. The normalized spacial score (nSPS) is 16.9. The van der Waals surface area contributed by atoms with E-state index in [0.29, 0.717) is 30.4 Å². The molecule has 4 rings (SSSR count). The minimum atomic E-state index is -3.82. The van der Waals surface area contributed by atoms with Crippen molar-refractivity contribution in [1.82, 2.24) is 9.73 Å². The molecule has 1 saturated heterocycles. The van der Waals surface area contributed by atoms with Gasteiger partial charge in [0.25, 0.3) is 5.91 Å². The molecule has 1 fully saturated rings. The lowest BCUT2D eigenvalue weighted by Gasteiger charge is -2.22. The molecule has 3 aromatic carbocycles. The average molecular weight is 514 g/mol. The Balaban J connectivity index is 1.49. The maximum absolute atomic E-state index is 13.1. The summed E-state index contributed by atoms with van der Waals surface area (Å²) in [7, 11) is -3.82. The SMILES string of the molecule is CC(C)COc1ccc(/C=N\NC(=O)[C@@H]2CCCN2S(=O)(=O)c2ccc(Cl)cc2)c2ccccc12. The van der Waals surface area contributed by atoms with Crippen molar-refractivity contribution in [2.24, 2.45) is 11.0 Å². The van der Waals surface area contributed by atoms with Gasteiger partial charge in [-0.2, -0.15) is 9.41 Å². The second kappa shape index (κ2) is 10.8. The van der Waals surface area contributed by atoms with E-state index in [1.165, 1.54) is 28.6 Å². The molecule has 1 amide bonds. The van der Waals surface area contributed by atoms with Gasteiger partial charge >= 0.3 is 0 Å². The fraction of sp³-hybridized carbons (Fsp3) is 0.308. The van der Waals surface area contributed by atoms with Crippen molar-refractivity contribution in [1.29, 1.82) is 0 Å². The van der Waals surface area contributed by atoms with E-state index in [1.54, 1.807) is 6.21 Å². The highest BCUT2D eigenvalue weighted by Crippen LogP contribution is 2.29. The van der Waals surface area contributed by atoms with Crippen molar-refractivity contribution in [3.63, 3.8) is 0 Å². The van der Waals surface area contributed by atoms with Crippen LogP contribution >= 0.6 is 11.6 Å². The third-order valence-corrected chi connectivity index (χ3v) is 7.97. The van der Waals surface area contributed by atoms with E-state index < -0.39 is 22.0 Å². The van der Waals surface area contributed by atoms with Crippen molar-refractivity contribution in [3.05, 3.63) is 71.2 Å². The molecule has 1 heterocycles. The summed E-state index contributed by atoms with van der Waals surface area (Å²) in [5.41, 5.74) is 3.34. The molecule has 0 aliphatic carbocycles. The van der Waals surface area contributed by atoms with E-state index in [0.717, 1.165) is 22.1 Å². The summed E-state index contributed by atoms with van der Waals surface area (Å²) in [4.78, 5) is 13.0. The van der Waals surface area contributed by atoms with E-state index in [1.807, 2.05) is 36.4 Å². The lowest BCUT2D eigenvalue weighted by Crippen LogP contribution is -2.44. The number of hydrogen-bond acceptors (Lipinski definition) is 5. The largest absolute Gasteiger partial charge is 0.493 e. The number of benzene rings is 3. The highest BCUT2D eigenvalue weighted by atomic mass is 35.5. The molecule has 0 spiro atoms. The number of nitrogens with zero attached hydrogens (tertiary/aromatic N) is 2. The monoisotopic (exact) mass is 513 g/mol. The molecule has 0 aromatic heterocycles. The summed E-state index contributed by atoms with van der Waals surface area (Å²) in [6.07, 6.45) is 2.59. The molecule has 1 atom stereocenters. The van der Waals surface area contributed by atoms with Gasteiger partial charge in [-0.15, -0.1) is 0 Å². The van der Waals surface area contributed by atoms with Gasteiger partial charge in [-0.3, -0.25) is 4.79 Å². The molecular formula is C26H28ClN3O4S. The van der Waals surface area contributed by atoms with Gasteiger partial charge in [0.15, 0.2) is 0 Å². The second-order valence-electron chi connectivity index (χ2n) is 8.87. The van der Waals surface area contributed by atoms with E-state index >= 15 is 0 Å². The summed E-state index contributed by atoms with van der Waals surface area (Å²) < 4.78 is 33.3. The molecule has 1 aliphatic heterocycles. The van der Waals surface area contributed by atoms with E-state index in [4.69, 9.17) is 16.3 Å². The first kappa shape index (κ1) is 25.2. The number of halogens is 1. The summed E-state index contributed by atoms with van der Waals surface area (Å²) in [6.45, 7) is 5.08. The number of nitrogens with one attached hydrogen (secondary N) is 1. The summed E-state index contributed by atoms with van der Waals surface area (Å²) in [5.74, 6) is 0.742. The molecule has 0 saturated carbocycles. The Morgan fingerprint density at radius 1 is 1.14 bits per heavy atom. The van der Waals surface area contributed by atoms with Gasteiger partial charge in [0, 0.05) is 22.5 Å². The van der Waals surface area contributed by atoms with E-state index in [2.05, 4.69) is 24.4 Å². The topological polar surface area (TPSA) is 88.1 Å². The molecular weight excluding hydrogens is 486 g/mol. The number of rotatable bonds is 8. The van der Waals surface area contributed by atoms with Crippen molar-refractivity contribution >= 4 is 44.5 Å². The van der Waals surface area contributed by atoms with Gasteiger partial charge in [-0.05, 0) is 60.5 Å². The molecule has 0 bridgehead atoms. The first-order valence-electron chi connectivity index (χ1n) is 11.5. The van der Waals surface area contributed by atoms with Crippen LogP contribution in [0.1, 0.15) is 32.3 Å². The Bertz CT molecular complexity index is 1340. The maximum atomic E-state index is 13.1. The van der Waals surface area contributed by atoms with E-state index in [-0.39, 0.29) is 11.4 Å². The molecule has 9 heteroatoms. The number of amides is 1. The predicted octanol–water partition coefficient (Wildman–Crippen LogP) is 4.83. The Morgan fingerprint density at radius 3 is 2.57 bits per heavy atom. The second-order valence-corrected chi connectivity index (χ2v) is 11.2. The smallest absolute Gasteiger partial charge is 0.258 e. The average Bonchev–Trinajstić information content (AvgIpc) is 3.35. The van der Waals surface area contributed by atoms with Gasteiger partial charge in [0.2, 0.25) is 10.0 Å². The molecule has 1 N–H and O–H groups in total. The highest BCUT2D eigenvalue weighted by Gasteiger charge is 2.39. The van der Waals surface area contributed by atoms with Crippen LogP contribution in [0.5, 0.6) is 5.75 Å². The zero-order valence-electron chi connectivity index (χ0n) is 19.6. The lowest BCUT2D eigenvalue weighted by atomic mass is 10.0.